The van der Waals surface area contributed by atoms with E-state index in [1.165, 1.54) is 0 Å². The first-order valence-electron chi connectivity index (χ1n) is 8.91. The molecule has 0 saturated carbocycles. The van der Waals surface area contributed by atoms with Gasteiger partial charge in [-0.1, -0.05) is 6.07 Å². The van der Waals surface area contributed by atoms with Gasteiger partial charge in [-0.3, -0.25) is 0 Å². The zero-order chi connectivity index (χ0) is 19.5. The van der Waals surface area contributed by atoms with Crippen molar-refractivity contribution in [1.82, 2.24) is 19.6 Å². The molecule has 1 N–H and O–H groups in total. The quantitative estimate of drug-likeness (QED) is 0.527. The molecular weight excluding hydrogens is 358 g/mol. The number of furan rings is 1. The van der Waals surface area contributed by atoms with E-state index < -0.39 is 0 Å². The lowest BCUT2D eigenvalue weighted by Gasteiger charge is -2.11. The minimum absolute atomic E-state index is 0.506. The largest absolute Gasteiger partial charge is 0.493 e. The predicted octanol–water partition coefficient (Wildman–Crippen LogP) is 3.36. The van der Waals surface area contributed by atoms with E-state index >= 15 is 0 Å². The molecule has 0 atom stereocenters. The second-order valence-electron chi connectivity index (χ2n) is 6.27. The van der Waals surface area contributed by atoms with E-state index in [0.29, 0.717) is 23.9 Å². The molecule has 0 aliphatic rings. The highest BCUT2D eigenvalue weighted by Crippen LogP contribution is 2.27. The van der Waals surface area contributed by atoms with Crippen LogP contribution in [0.5, 0.6) is 11.5 Å². The topological polar surface area (TPSA) is 86.7 Å². The zero-order valence-electron chi connectivity index (χ0n) is 16.0. The van der Waals surface area contributed by atoms with Crippen LogP contribution in [0, 0.1) is 6.92 Å². The maximum absolute atomic E-state index is 5.39. The van der Waals surface area contributed by atoms with E-state index in [2.05, 4.69) is 20.4 Å². The first-order chi connectivity index (χ1) is 13.7. The Bertz CT molecular complexity index is 1090. The molecule has 0 aliphatic carbocycles. The molecule has 28 heavy (non-hydrogen) atoms. The van der Waals surface area contributed by atoms with Gasteiger partial charge >= 0.3 is 0 Å². The summed E-state index contributed by atoms with van der Waals surface area (Å²) in [7, 11) is 3.27. The molecule has 0 fully saturated rings. The third kappa shape index (κ3) is 3.48. The number of aryl methyl sites for hydroxylation is 1. The van der Waals surface area contributed by atoms with Crippen LogP contribution in [0.3, 0.4) is 0 Å². The van der Waals surface area contributed by atoms with Crippen LogP contribution in [0.25, 0.3) is 17.4 Å². The van der Waals surface area contributed by atoms with Crippen molar-refractivity contribution in [2.45, 2.75) is 13.3 Å². The Labute approximate surface area is 162 Å². The van der Waals surface area contributed by atoms with Crippen molar-refractivity contribution in [3.63, 3.8) is 0 Å². The molecule has 0 saturated heterocycles. The summed E-state index contributed by atoms with van der Waals surface area (Å²) in [6, 6.07) is 11.5. The molecule has 144 valence electrons. The first kappa shape index (κ1) is 17.8. The minimum Gasteiger partial charge on any atom is -0.493 e. The Morgan fingerprint density at radius 1 is 1.07 bits per heavy atom. The van der Waals surface area contributed by atoms with Gasteiger partial charge in [0.05, 0.1) is 20.5 Å². The molecule has 8 heteroatoms. The summed E-state index contributed by atoms with van der Waals surface area (Å²) in [5.41, 5.74) is 2.00. The van der Waals surface area contributed by atoms with E-state index in [1.54, 1.807) is 25.0 Å². The smallest absolute Gasteiger partial charge is 0.254 e. The second-order valence-corrected chi connectivity index (χ2v) is 6.27. The summed E-state index contributed by atoms with van der Waals surface area (Å²) in [5.74, 6) is 3.92. The van der Waals surface area contributed by atoms with Gasteiger partial charge in [-0.15, -0.1) is 5.10 Å². The maximum Gasteiger partial charge on any atom is 0.254 e. The van der Waals surface area contributed by atoms with Gasteiger partial charge < -0.3 is 19.2 Å². The molecule has 0 unspecified atom stereocenters. The predicted molar refractivity (Wildman–Crippen MR) is 105 cm³/mol. The highest BCUT2D eigenvalue weighted by Gasteiger charge is 2.13. The van der Waals surface area contributed by atoms with Gasteiger partial charge in [-0.2, -0.15) is 9.50 Å². The molecular formula is C20H21N5O3. The van der Waals surface area contributed by atoms with Gasteiger partial charge in [0.1, 0.15) is 5.82 Å². The van der Waals surface area contributed by atoms with Crippen LogP contribution in [-0.2, 0) is 6.42 Å². The van der Waals surface area contributed by atoms with E-state index in [1.807, 2.05) is 43.3 Å². The fourth-order valence-electron chi connectivity index (χ4n) is 2.99. The van der Waals surface area contributed by atoms with Crippen LogP contribution < -0.4 is 14.8 Å². The number of nitrogens with one attached hydrogen (secondary N) is 1. The van der Waals surface area contributed by atoms with Crippen LogP contribution in [0.2, 0.25) is 0 Å². The van der Waals surface area contributed by atoms with Crippen molar-refractivity contribution in [3.05, 3.63) is 53.9 Å². The lowest BCUT2D eigenvalue weighted by atomic mass is 10.1. The number of rotatable bonds is 7. The molecule has 0 radical (unpaired) electrons. The highest BCUT2D eigenvalue weighted by atomic mass is 16.5. The summed E-state index contributed by atoms with van der Waals surface area (Å²) in [6.45, 7) is 2.64. The lowest BCUT2D eigenvalue weighted by Crippen LogP contribution is -2.10. The van der Waals surface area contributed by atoms with E-state index in [0.717, 1.165) is 35.0 Å². The summed E-state index contributed by atoms with van der Waals surface area (Å²) in [4.78, 5) is 8.91. The monoisotopic (exact) mass is 379 g/mol. The van der Waals surface area contributed by atoms with E-state index in [4.69, 9.17) is 13.9 Å². The van der Waals surface area contributed by atoms with Crippen molar-refractivity contribution >= 4 is 11.6 Å². The Hall–Kier alpha value is -3.55. The molecule has 3 heterocycles. The molecule has 3 aromatic heterocycles. The van der Waals surface area contributed by atoms with Gasteiger partial charge in [-0.05, 0) is 43.2 Å². The number of anilines is 1. The van der Waals surface area contributed by atoms with Crippen LogP contribution >= 0.6 is 0 Å². The number of fused-ring (bicyclic) bond motifs is 1. The van der Waals surface area contributed by atoms with Crippen molar-refractivity contribution < 1.29 is 13.9 Å². The van der Waals surface area contributed by atoms with Gasteiger partial charge in [0.15, 0.2) is 17.3 Å². The average molecular weight is 379 g/mol. The Kier molecular flexibility index (Phi) is 4.84. The fourth-order valence-corrected chi connectivity index (χ4v) is 2.99. The molecule has 0 bridgehead atoms. The van der Waals surface area contributed by atoms with Crippen molar-refractivity contribution in [1.29, 1.82) is 0 Å². The molecule has 1 aromatic carbocycles. The molecule has 8 nitrogen and oxygen atoms in total. The van der Waals surface area contributed by atoms with Crippen molar-refractivity contribution in [2.24, 2.45) is 0 Å². The summed E-state index contributed by atoms with van der Waals surface area (Å²) in [5, 5.41) is 7.94. The normalized spacial score (nSPS) is 11.0. The van der Waals surface area contributed by atoms with Crippen LogP contribution in [0.4, 0.5) is 5.82 Å². The number of hydrogen-bond donors (Lipinski definition) is 1. The molecule has 0 amide bonds. The standard InChI is InChI=1S/C20H21N5O3/c1-13-11-18(21-9-8-14-6-7-15(26-2)17(12-14)27-3)25-20(22-13)23-19(24-25)16-5-4-10-28-16/h4-7,10-12,21H,8-9H2,1-3H3. The fraction of sp³-hybridized carbons (Fsp3) is 0.250. The number of benzene rings is 1. The Morgan fingerprint density at radius 3 is 2.68 bits per heavy atom. The van der Waals surface area contributed by atoms with Crippen LogP contribution in [-0.4, -0.2) is 40.3 Å². The zero-order valence-corrected chi connectivity index (χ0v) is 16.0. The van der Waals surface area contributed by atoms with Gasteiger partial charge in [0.2, 0.25) is 5.82 Å². The molecule has 0 aliphatic heterocycles. The Balaban J connectivity index is 1.53. The van der Waals surface area contributed by atoms with E-state index in [9.17, 15) is 0 Å². The lowest BCUT2D eigenvalue weighted by molar-refractivity contribution is 0.354. The number of aromatic nitrogens is 4. The van der Waals surface area contributed by atoms with Crippen molar-refractivity contribution in [3.8, 4) is 23.1 Å². The molecule has 0 spiro atoms. The molecule has 4 rings (SSSR count). The Morgan fingerprint density at radius 2 is 1.93 bits per heavy atom. The first-order valence-corrected chi connectivity index (χ1v) is 8.91. The van der Waals surface area contributed by atoms with Crippen LogP contribution in [0.15, 0.2) is 47.1 Å². The van der Waals surface area contributed by atoms with Gasteiger partial charge in [0.25, 0.3) is 5.78 Å². The van der Waals surface area contributed by atoms with E-state index in [-0.39, 0.29) is 0 Å². The van der Waals surface area contributed by atoms with Crippen LogP contribution in [0.1, 0.15) is 11.3 Å². The third-order valence-electron chi connectivity index (χ3n) is 4.35. The van der Waals surface area contributed by atoms with Gasteiger partial charge in [-0.25, -0.2) is 4.98 Å². The van der Waals surface area contributed by atoms with Crippen molar-refractivity contribution in [2.75, 3.05) is 26.1 Å². The summed E-state index contributed by atoms with van der Waals surface area (Å²) >= 11 is 0. The second kappa shape index (κ2) is 7.59. The number of hydrogen-bond acceptors (Lipinski definition) is 7. The highest BCUT2D eigenvalue weighted by molar-refractivity contribution is 5.53. The van der Waals surface area contributed by atoms with Gasteiger partial charge in [0, 0.05) is 18.3 Å². The maximum atomic E-state index is 5.39. The summed E-state index contributed by atoms with van der Waals surface area (Å²) in [6.07, 6.45) is 2.41. The number of nitrogens with zero attached hydrogens (tertiary/aromatic N) is 4. The number of methoxy groups -OCH3 is 2. The number of ether oxygens (including phenoxy) is 2. The minimum atomic E-state index is 0.506. The summed E-state index contributed by atoms with van der Waals surface area (Å²) < 4.78 is 17.7. The SMILES string of the molecule is COc1ccc(CCNc2cc(C)nc3nc(-c4ccco4)nn23)cc1OC. The molecule has 4 aromatic rings. The average Bonchev–Trinajstić information content (AvgIpc) is 3.37. The third-order valence-corrected chi connectivity index (χ3v) is 4.35.